The molecule has 1 saturated heterocycles. The van der Waals surface area contributed by atoms with Gasteiger partial charge in [0.25, 0.3) is 5.91 Å². The van der Waals surface area contributed by atoms with Gasteiger partial charge in [-0.15, -0.1) is 0 Å². The van der Waals surface area contributed by atoms with Gasteiger partial charge in [0.05, 0.1) is 6.20 Å². The summed E-state index contributed by atoms with van der Waals surface area (Å²) in [7, 11) is 0. The van der Waals surface area contributed by atoms with Gasteiger partial charge in [-0.2, -0.15) is 0 Å². The maximum absolute atomic E-state index is 12.7. The van der Waals surface area contributed by atoms with E-state index >= 15 is 0 Å². The molecular weight excluding hydrogens is 326 g/mol. The molecule has 1 amide bonds. The summed E-state index contributed by atoms with van der Waals surface area (Å²) in [6.45, 7) is 2.35. The van der Waals surface area contributed by atoms with Gasteiger partial charge in [-0.25, -0.2) is 4.98 Å². The van der Waals surface area contributed by atoms with Crippen LogP contribution in [0, 0.1) is 0 Å². The van der Waals surface area contributed by atoms with Crippen LogP contribution in [0.4, 0.5) is 0 Å². The van der Waals surface area contributed by atoms with Crippen molar-refractivity contribution in [1.82, 2.24) is 14.5 Å². The van der Waals surface area contributed by atoms with E-state index in [4.69, 9.17) is 16.3 Å². The van der Waals surface area contributed by atoms with Crippen LogP contribution in [0.5, 0.6) is 5.75 Å². The van der Waals surface area contributed by atoms with E-state index in [0.29, 0.717) is 5.02 Å². The first-order chi connectivity index (χ1) is 11.7. The van der Waals surface area contributed by atoms with Gasteiger partial charge in [0, 0.05) is 43.9 Å². The smallest absolute Gasteiger partial charge is 0.272 e. The van der Waals surface area contributed by atoms with E-state index in [0.717, 1.165) is 62.6 Å². The summed E-state index contributed by atoms with van der Waals surface area (Å²) in [5.74, 6) is 1.97. The first-order valence-corrected chi connectivity index (χ1v) is 8.84. The molecule has 4 rings (SSSR count). The Morgan fingerprint density at radius 3 is 2.67 bits per heavy atom. The van der Waals surface area contributed by atoms with Crippen molar-refractivity contribution in [3.8, 4) is 5.75 Å². The summed E-state index contributed by atoms with van der Waals surface area (Å²) < 4.78 is 8.06. The lowest BCUT2D eigenvalue weighted by atomic mass is 10.1. The molecule has 2 aliphatic rings. The van der Waals surface area contributed by atoms with Crippen LogP contribution < -0.4 is 4.74 Å². The van der Waals surface area contributed by atoms with Crippen LogP contribution in [-0.2, 0) is 13.0 Å². The fourth-order valence-electron chi connectivity index (χ4n) is 3.47. The van der Waals surface area contributed by atoms with E-state index in [1.54, 1.807) is 6.20 Å². The summed E-state index contributed by atoms with van der Waals surface area (Å²) >= 11 is 5.89. The lowest BCUT2D eigenvalue weighted by Crippen LogP contribution is -2.42. The van der Waals surface area contributed by atoms with Crippen LogP contribution in [0.1, 0.15) is 35.6 Å². The number of fused-ring (bicyclic) bond motifs is 1. The monoisotopic (exact) mass is 345 g/mol. The molecule has 5 nitrogen and oxygen atoms in total. The van der Waals surface area contributed by atoms with Crippen molar-refractivity contribution in [2.24, 2.45) is 0 Å². The molecule has 0 unspecified atom stereocenters. The van der Waals surface area contributed by atoms with Crippen LogP contribution in [0.2, 0.25) is 5.02 Å². The quantitative estimate of drug-likeness (QED) is 0.858. The number of carbonyl (C=O) groups is 1. The van der Waals surface area contributed by atoms with Crippen molar-refractivity contribution in [3.05, 3.63) is 47.0 Å². The number of nitrogens with zero attached hydrogens (tertiary/aromatic N) is 3. The number of likely N-dealkylation sites (tertiary alicyclic amines) is 1. The van der Waals surface area contributed by atoms with Crippen LogP contribution in [0.25, 0.3) is 0 Å². The maximum atomic E-state index is 12.7. The minimum atomic E-state index is 0.0978. The molecule has 24 heavy (non-hydrogen) atoms. The topological polar surface area (TPSA) is 47.4 Å². The number of aromatic nitrogens is 2. The molecule has 0 bridgehead atoms. The molecule has 3 heterocycles. The average molecular weight is 346 g/mol. The second kappa shape index (κ2) is 6.48. The van der Waals surface area contributed by atoms with Crippen molar-refractivity contribution >= 4 is 17.5 Å². The fraction of sp³-hybridized carbons (Fsp3) is 0.444. The molecule has 0 saturated carbocycles. The maximum Gasteiger partial charge on any atom is 0.272 e. The highest BCUT2D eigenvalue weighted by Crippen LogP contribution is 2.23. The minimum absolute atomic E-state index is 0.0978. The standard InChI is InChI=1S/C18H20ClN3O2/c19-13-3-5-14(6-4-13)24-15-7-10-21(11-8-15)18(23)16-12-20-17-2-1-9-22(16)17/h3-6,12,15H,1-2,7-11H2. The summed E-state index contributed by atoms with van der Waals surface area (Å²) in [6.07, 6.45) is 5.62. The van der Waals surface area contributed by atoms with Crippen molar-refractivity contribution in [2.45, 2.75) is 38.3 Å². The van der Waals surface area contributed by atoms with Gasteiger partial charge in [-0.3, -0.25) is 4.79 Å². The van der Waals surface area contributed by atoms with Gasteiger partial charge < -0.3 is 14.2 Å². The second-order valence-electron chi connectivity index (χ2n) is 6.38. The first kappa shape index (κ1) is 15.5. The molecule has 1 fully saturated rings. The van der Waals surface area contributed by atoms with Crippen molar-refractivity contribution in [1.29, 1.82) is 0 Å². The molecule has 126 valence electrons. The number of hydrogen-bond donors (Lipinski definition) is 0. The van der Waals surface area contributed by atoms with Gasteiger partial charge in [-0.05, 0) is 30.7 Å². The number of carbonyl (C=O) groups excluding carboxylic acids is 1. The molecule has 0 atom stereocenters. The Hall–Kier alpha value is -2.01. The number of hydrogen-bond acceptors (Lipinski definition) is 3. The molecule has 6 heteroatoms. The molecule has 0 radical (unpaired) electrons. The summed E-state index contributed by atoms with van der Waals surface area (Å²) in [6, 6.07) is 7.43. The Labute approximate surface area is 146 Å². The Morgan fingerprint density at radius 1 is 1.17 bits per heavy atom. The second-order valence-corrected chi connectivity index (χ2v) is 6.81. The van der Waals surface area contributed by atoms with Crippen molar-refractivity contribution in [2.75, 3.05) is 13.1 Å². The number of aryl methyl sites for hydroxylation is 1. The zero-order chi connectivity index (χ0) is 16.5. The highest BCUT2D eigenvalue weighted by molar-refractivity contribution is 6.30. The van der Waals surface area contributed by atoms with E-state index < -0.39 is 0 Å². The number of imidazole rings is 1. The molecule has 1 aromatic carbocycles. The van der Waals surface area contributed by atoms with E-state index in [1.807, 2.05) is 29.2 Å². The molecule has 0 N–H and O–H groups in total. The molecule has 0 spiro atoms. The van der Waals surface area contributed by atoms with E-state index in [-0.39, 0.29) is 12.0 Å². The molecule has 0 aliphatic carbocycles. The van der Waals surface area contributed by atoms with Crippen LogP contribution in [0.15, 0.2) is 30.5 Å². The Kier molecular flexibility index (Phi) is 4.19. The molecular formula is C18H20ClN3O2. The van der Waals surface area contributed by atoms with Crippen LogP contribution >= 0.6 is 11.6 Å². The predicted molar refractivity (Wildman–Crippen MR) is 91.6 cm³/mol. The highest BCUT2D eigenvalue weighted by Gasteiger charge is 2.28. The van der Waals surface area contributed by atoms with Crippen LogP contribution in [-0.4, -0.2) is 39.6 Å². The third-order valence-electron chi connectivity index (χ3n) is 4.79. The lowest BCUT2D eigenvalue weighted by molar-refractivity contribution is 0.0586. The van der Waals surface area contributed by atoms with Gasteiger partial charge in [-0.1, -0.05) is 11.6 Å². The predicted octanol–water partition coefficient (Wildman–Crippen LogP) is 3.17. The minimum Gasteiger partial charge on any atom is -0.490 e. The number of halogens is 1. The van der Waals surface area contributed by atoms with Gasteiger partial charge in [0.1, 0.15) is 23.4 Å². The Morgan fingerprint density at radius 2 is 1.92 bits per heavy atom. The summed E-state index contributed by atoms with van der Waals surface area (Å²) in [5.41, 5.74) is 0.736. The third kappa shape index (κ3) is 3.00. The molecule has 2 aromatic rings. The number of rotatable bonds is 3. The number of piperidine rings is 1. The number of amides is 1. The van der Waals surface area contributed by atoms with Crippen molar-refractivity contribution in [3.63, 3.8) is 0 Å². The zero-order valence-corrected chi connectivity index (χ0v) is 14.2. The van der Waals surface area contributed by atoms with E-state index in [1.165, 1.54) is 0 Å². The highest BCUT2D eigenvalue weighted by atomic mass is 35.5. The molecule has 1 aromatic heterocycles. The van der Waals surface area contributed by atoms with E-state index in [2.05, 4.69) is 9.55 Å². The summed E-state index contributed by atoms with van der Waals surface area (Å²) in [4.78, 5) is 19.0. The SMILES string of the molecule is O=C(c1cnc2n1CCC2)N1CCC(Oc2ccc(Cl)cc2)CC1. The number of benzene rings is 1. The van der Waals surface area contributed by atoms with Gasteiger partial charge in [0.2, 0.25) is 0 Å². The van der Waals surface area contributed by atoms with Gasteiger partial charge in [0.15, 0.2) is 0 Å². The average Bonchev–Trinajstić information content (AvgIpc) is 3.20. The normalized spacial score (nSPS) is 17.8. The molecule has 2 aliphatic heterocycles. The van der Waals surface area contributed by atoms with Crippen molar-refractivity contribution < 1.29 is 9.53 Å². The third-order valence-corrected chi connectivity index (χ3v) is 5.04. The van der Waals surface area contributed by atoms with Crippen LogP contribution in [0.3, 0.4) is 0 Å². The Balaban J connectivity index is 1.35. The number of ether oxygens (including phenoxy) is 1. The first-order valence-electron chi connectivity index (χ1n) is 8.46. The largest absolute Gasteiger partial charge is 0.490 e. The fourth-order valence-corrected chi connectivity index (χ4v) is 3.60. The Bertz CT molecular complexity index is 733. The van der Waals surface area contributed by atoms with E-state index in [9.17, 15) is 4.79 Å². The summed E-state index contributed by atoms with van der Waals surface area (Å²) in [5, 5.41) is 0.705. The zero-order valence-electron chi connectivity index (χ0n) is 13.4. The van der Waals surface area contributed by atoms with Gasteiger partial charge >= 0.3 is 0 Å². The lowest BCUT2D eigenvalue weighted by Gasteiger charge is -2.32.